The lowest BCUT2D eigenvalue weighted by Gasteiger charge is -2.27. The van der Waals surface area contributed by atoms with Crippen LogP contribution in [0.5, 0.6) is 0 Å². The summed E-state index contributed by atoms with van der Waals surface area (Å²) in [4.78, 5) is 23.5. The number of thiocarbonyl (C=S) groups is 1. The van der Waals surface area contributed by atoms with Gasteiger partial charge >= 0.3 is 0 Å². The van der Waals surface area contributed by atoms with Crippen LogP contribution in [0.2, 0.25) is 0 Å². The van der Waals surface area contributed by atoms with Gasteiger partial charge < -0.3 is 9.90 Å². The number of aliphatic carboxylic acids is 1. The molecule has 0 radical (unpaired) electrons. The summed E-state index contributed by atoms with van der Waals surface area (Å²) in [5, 5.41) is 10.9. The van der Waals surface area contributed by atoms with Gasteiger partial charge in [-0.3, -0.25) is 9.69 Å². The highest BCUT2D eigenvalue weighted by Crippen LogP contribution is 2.23. The minimum absolute atomic E-state index is 0.236. The summed E-state index contributed by atoms with van der Waals surface area (Å²) in [6.07, 6.45) is 2.25. The number of thioether (sulfide) groups is 2. The van der Waals surface area contributed by atoms with E-state index in [4.69, 9.17) is 12.2 Å². The first-order valence-corrected chi connectivity index (χ1v) is 7.05. The Kier molecular flexibility index (Phi) is 4.88. The molecule has 0 spiro atoms. The van der Waals surface area contributed by atoms with Crippen LogP contribution in [-0.2, 0) is 9.59 Å². The van der Waals surface area contributed by atoms with E-state index in [9.17, 15) is 14.7 Å². The van der Waals surface area contributed by atoms with Crippen molar-refractivity contribution in [2.75, 3.05) is 17.8 Å². The minimum atomic E-state index is -1.23. The van der Waals surface area contributed by atoms with Gasteiger partial charge in [0.15, 0.2) is 0 Å². The van der Waals surface area contributed by atoms with Crippen molar-refractivity contribution < 1.29 is 14.7 Å². The third-order valence-corrected chi connectivity index (χ3v) is 3.99. The second kappa shape index (κ2) is 5.72. The Balaban J connectivity index is 2.74. The molecule has 15 heavy (non-hydrogen) atoms. The fourth-order valence-electron chi connectivity index (χ4n) is 1.25. The lowest BCUT2D eigenvalue weighted by atomic mass is 10.2. The van der Waals surface area contributed by atoms with Crippen molar-refractivity contribution in [3.8, 4) is 0 Å². The van der Waals surface area contributed by atoms with Crippen LogP contribution in [0.25, 0.3) is 0 Å². The molecular weight excluding hydrogens is 254 g/mol. The Hall–Kier alpha value is -0.270. The lowest BCUT2D eigenvalue weighted by Crippen LogP contribution is -2.50. The van der Waals surface area contributed by atoms with Crippen molar-refractivity contribution in [3.05, 3.63) is 0 Å². The molecule has 84 valence electrons. The summed E-state index contributed by atoms with van der Waals surface area (Å²) >= 11 is 7.67. The van der Waals surface area contributed by atoms with E-state index in [-0.39, 0.29) is 11.7 Å². The summed E-state index contributed by atoms with van der Waals surface area (Å²) in [5.41, 5.74) is 0. The molecule has 1 amide bonds. The van der Waals surface area contributed by atoms with Crippen LogP contribution in [-0.4, -0.2) is 44.9 Å². The number of rotatable bonds is 5. The highest BCUT2D eigenvalue weighted by molar-refractivity contribution is 8.24. The molecule has 0 aromatic rings. The lowest BCUT2D eigenvalue weighted by molar-refractivity contribution is -0.310. The van der Waals surface area contributed by atoms with Crippen molar-refractivity contribution in [1.29, 1.82) is 0 Å². The van der Waals surface area contributed by atoms with E-state index in [0.717, 1.165) is 0 Å². The molecular formula is C8H10NO3S3-. The summed E-state index contributed by atoms with van der Waals surface area (Å²) in [7, 11) is 0. The maximum Gasteiger partial charge on any atom is 0.239 e. The topological polar surface area (TPSA) is 60.4 Å². The number of carbonyl (C=O) groups is 2. The summed E-state index contributed by atoms with van der Waals surface area (Å²) in [5.74, 6) is -0.569. The smallest absolute Gasteiger partial charge is 0.239 e. The molecule has 0 saturated carbocycles. The molecule has 0 aromatic heterocycles. The van der Waals surface area contributed by atoms with Gasteiger partial charge in [0.2, 0.25) is 5.91 Å². The standard InChI is InChI=1S/C8H11NO3S3/c1-14-3-2-5(7(11)12)9-6(10)4-15-8(9)13/h5H,2-4H2,1H3,(H,11,12)/p-1/t5-/m0/s1. The zero-order valence-corrected chi connectivity index (χ0v) is 10.5. The van der Waals surface area contributed by atoms with E-state index in [2.05, 4.69) is 0 Å². The maximum absolute atomic E-state index is 11.4. The van der Waals surface area contributed by atoms with E-state index in [1.54, 1.807) is 0 Å². The first-order chi connectivity index (χ1) is 7.07. The molecule has 1 aliphatic heterocycles. The number of nitrogens with zero attached hydrogens (tertiary/aromatic N) is 1. The van der Waals surface area contributed by atoms with Gasteiger partial charge in [-0.15, -0.1) is 0 Å². The zero-order chi connectivity index (χ0) is 11.4. The summed E-state index contributed by atoms with van der Waals surface area (Å²) in [6.45, 7) is 0. The molecule has 1 rings (SSSR count). The van der Waals surface area contributed by atoms with Gasteiger partial charge in [-0.05, 0) is 18.4 Å². The third kappa shape index (κ3) is 3.09. The van der Waals surface area contributed by atoms with Crippen LogP contribution in [0.4, 0.5) is 0 Å². The van der Waals surface area contributed by atoms with Crippen LogP contribution in [0.1, 0.15) is 6.42 Å². The Morgan fingerprint density at radius 1 is 1.80 bits per heavy atom. The molecule has 1 saturated heterocycles. The second-order valence-electron chi connectivity index (χ2n) is 2.93. The van der Waals surface area contributed by atoms with Crippen molar-refractivity contribution in [3.63, 3.8) is 0 Å². The monoisotopic (exact) mass is 264 g/mol. The first-order valence-electron chi connectivity index (χ1n) is 4.26. The Bertz CT molecular complexity index is 279. The molecule has 1 atom stereocenters. The fraction of sp³-hybridized carbons (Fsp3) is 0.625. The summed E-state index contributed by atoms with van der Waals surface area (Å²) in [6, 6.07) is -0.910. The molecule has 0 bridgehead atoms. The SMILES string of the molecule is CSCC[C@@H](C(=O)[O-])N1C(=O)CSC1=S. The molecule has 1 heterocycles. The molecule has 0 N–H and O–H groups in total. The highest BCUT2D eigenvalue weighted by atomic mass is 32.2. The van der Waals surface area contributed by atoms with Crippen LogP contribution in [0.15, 0.2) is 0 Å². The third-order valence-electron chi connectivity index (χ3n) is 1.96. The van der Waals surface area contributed by atoms with Crippen LogP contribution in [0, 0.1) is 0 Å². The number of carboxylic acid groups (broad SMARTS) is 1. The quantitative estimate of drug-likeness (QED) is 0.636. The van der Waals surface area contributed by atoms with Crippen molar-refractivity contribution in [2.24, 2.45) is 0 Å². The Labute approximate surface area is 102 Å². The highest BCUT2D eigenvalue weighted by Gasteiger charge is 2.33. The van der Waals surface area contributed by atoms with E-state index in [0.29, 0.717) is 16.5 Å². The van der Waals surface area contributed by atoms with E-state index >= 15 is 0 Å². The van der Waals surface area contributed by atoms with Crippen molar-refractivity contribution in [2.45, 2.75) is 12.5 Å². The van der Waals surface area contributed by atoms with Gasteiger partial charge in [0.05, 0.1) is 17.8 Å². The van der Waals surface area contributed by atoms with Crippen molar-refractivity contribution in [1.82, 2.24) is 4.90 Å². The Morgan fingerprint density at radius 2 is 2.47 bits per heavy atom. The largest absolute Gasteiger partial charge is 0.548 e. The molecule has 0 unspecified atom stereocenters. The van der Waals surface area contributed by atoms with Gasteiger partial charge in [0.25, 0.3) is 0 Å². The van der Waals surface area contributed by atoms with Crippen LogP contribution < -0.4 is 5.11 Å². The van der Waals surface area contributed by atoms with Gasteiger partial charge in [-0.25, -0.2) is 0 Å². The Morgan fingerprint density at radius 3 is 2.87 bits per heavy atom. The van der Waals surface area contributed by atoms with Gasteiger partial charge in [0.1, 0.15) is 4.32 Å². The molecule has 7 heteroatoms. The number of carbonyl (C=O) groups excluding carboxylic acids is 2. The van der Waals surface area contributed by atoms with E-state index < -0.39 is 12.0 Å². The molecule has 0 aliphatic carbocycles. The first kappa shape index (κ1) is 12.8. The average molecular weight is 264 g/mol. The minimum Gasteiger partial charge on any atom is -0.548 e. The molecule has 1 aliphatic rings. The number of hydrogen-bond acceptors (Lipinski definition) is 6. The molecule has 1 fully saturated rings. The maximum atomic E-state index is 11.4. The van der Waals surface area contributed by atoms with E-state index in [1.807, 2.05) is 6.26 Å². The van der Waals surface area contributed by atoms with Gasteiger partial charge in [-0.1, -0.05) is 24.0 Å². The average Bonchev–Trinajstić information content (AvgIpc) is 2.49. The van der Waals surface area contributed by atoms with Crippen LogP contribution >= 0.6 is 35.7 Å². The van der Waals surface area contributed by atoms with Crippen molar-refractivity contribution >= 4 is 51.9 Å². The number of amides is 1. The second-order valence-corrected chi connectivity index (χ2v) is 5.53. The van der Waals surface area contributed by atoms with Gasteiger partial charge in [0, 0.05) is 0 Å². The molecule has 4 nitrogen and oxygen atoms in total. The normalized spacial score (nSPS) is 18.3. The summed E-state index contributed by atoms with van der Waals surface area (Å²) < 4.78 is 0.343. The fourth-order valence-corrected chi connectivity index (χ4v) is 2.87. The zero-order valence-electron chi connectivity index (χ0n) is 8.10. The number of carboxylic acids is 1. The predicted octanol–water partition coefficient (Wildman–Crippen LogP) is -0.282. The van der Waals surface area contributed by atoms with Crippen LogP contribution in [0.3, 0.4) is 0 Å². The number of hydrogen-bond donors (Lipinski definition) is 0. The molecule has 0 aromatic carbocycles. The van der Waals surface area contributed by atoms with Gasteiger partial charge in [-0.2, -0.15) is 11.8 Å². The predicted molar refractivity (Wildman–Crippen MR) is 63.7 cm³/mol. The van der Waals surface area contributed by atoms with E-state index in [1.165, 1.54) is 28.4 Å².